The number of alkyl carbamates (subject to hydrolysis) is 1. The van der Waals surface area contributed by atoms with Crippen LogP contribution in [0.1, 0.15) is 26.2 Å². The largest absolute Gasteiger partial charge is 0.448 e. The molecule has 0 bridgehead atoms. The van der Waals surface area contributed by atoms with Gasteiger partial charge in [-0.15, -0.1) is 0 Å². The third kappa shape index (κ3) is 5.47. The maximum atomic E-state index is 11.0. The first-order valence-electron chi connectivity index (χ1n) is 4.97. The van der Waals surface area contributed by atoms with Crippen molar-refractivity contribution in [3.63, 3.8) is 0 Å². The number of amides is 1. The molecule has 13 heavy (non-hydrogen) atoms. The van der Waals surface area contributed by atoms with Crippen LogP contribution in [0.15, 0.2) is 0 Å². The van der Waals surface area contributed by atoms with E-state index in [9.17, 15) is 4.79 Å². The first-order valence-corrected chi connectivity index (χ1v) is 4.97. The predicted octanol–water partition coefficient (Wildman–Crippen LogP) is 0.875. The molecule has 0 radical (unpaired) electrons. The Morgan fingerprint density at radius 3 is 2.85 bits per heavy atom. The third-order valence-corrected chi connectivity index (χ3v) is 1.84. The van der Waals surface area contributed by atoms with Gasteiger partial charge in [-0.1, -0.05) is 6.92 Å². The van der Waals surface area contributed by atoms with E-state index in [0.29, 0.717) is 12.6 Å². The molecule has 1 rings (SSSR count). The molecule has 1 aliphatic carbocycles. The third-order valence-electron chi connectivity index (χ3n) is 1.84. The quantitative estimate of drug-likeness (QED) is 0.605. The summed E-state index contributed by atoms with van der Waals surface area (Å²) in [7, 11) is 0. The molecule has 0 spiro atoms. The lowest BCUT2D eigenvalue weighted by Gasteiger charge is -2.06. The summed E-state index contributed by atoms with van der Waals surface area (Å²) in [6, 6.07) is 0.385. The highest BCUT2D eigenvalue weighted by Gasteiger charge is 2.23. The smallest absolute Gasteiger partial charge is 0.407 e. The van der Waals surface area contributed by atoms with Crippen molar-refractivity contribution in [1.82, 2.24) is 10.6 Å². The van der Waals surface area contributed by atoms with Crippen molar-refractivity contribution < 1.29 is 9.53 Å². The van der Waals surface area contributed by atoms with E-state index in [2.05, 4.69) is 17.6 Å². The second kappa shape index (κ2) is 5.80. The number of ether oxygens (including phenoxy) is 1. The molecular weight excluding hydrogens is 168 g/mol. The SMILES string of the molecule is CCCNCCOC(=O)NC1CC1. The molecule has 0 atom stereocenters. The molecule has 0 unspecified atom stereocenters. The van der Waals surface area contributed by atoms with Crippen molar-refractivity contribution in [1.29, 1.82) is 0 Å². The zero-order valence-corrected chi connectivity index (χ0v) is 8.14. The first kappa shape index (κ1) is 10.3. The zero-order chi connectivity index (χ0) is 9.52. The van der Waals surface area contributed by atoms with E-state index in [1.165, 1.54) is 0 Å². The predicted molar refractivity (Wildman–Crippen MR) is 50.7 cm³/mol. The second-order valence-corrected chi connectivity index (χ2v) is 3.30. The molecular formula is C9H18N2O2. The van der Waals surface area contributed by atoms with E-state index in [1.807, 2.05) is 0 Å². The highest BCUT2D eigenvalue weighted by molar-refractivity contribution is 5.67. The normalized spacial score (nSPS) is 15.5. The number of rotatable bonds is 6. The molecule has 1 amide bonds. The van der Waals surface area contributed by atoms with Gasteiger partial charge in [0.2, 0.25) is 0 Å². The van der Waals surface area contributed by atoms with Gasteiger partial charge >= 0.3 is 6.09 Å². The molecule has 4 nitrogen and oxygen atoms in total. The molecule has 2 N–H and O–H groups in total. The number of hydrogen-bond donors (Lipinski definition) is 2. The van der Waals surface area contributed by atoms with Crippen LogP contribution in [0.3, 0.4) is 0 Å². The minimum atomic E-state index is -0.277. The molecule has 0 aromatic heterocycles. The van der Waals surface area contributed by atoms with Gasteiger partial charge in [0.1, 0.15) is 6.61 Å². The van der Waals surface area contributed by atoms with E-state index in [0.717, 1.165) is 32.4 Å². The fourth-order valence-electron chi connectivity index (χ4n) is 0.954. The van der Waals surface area contributed by atoms with Gasteiger partial charge in [0.15, 0.2) is 0 Å². The lowest BCUT2D eigenvalue weighted by molar-refractivity contribution is 0.146. The van der Waals surface area contributed by atoms with Gasteiger partial charge in [-0.2, -0.15) is 0 Å². The van der Waals surface area contributed by atoms with Gasteiger partial charge in [-0.3, -0.25) is 0 Å². The van der Waals surface area contributed by atoms with E-state index in [1.54, 1.807) is 0 Å². The Morgan fingerprint density at radius 2 is 2.23 bits per heavy atom. The van der Waals surface area contributed by atoms with Crippen molar-refractivity contribution in [3.8, 4) is 0 Å². The van der Waals surface area contributed by atoms with Crippen molar-refractivity contribution in [3.05, 3.63) is 0 Å². The molecule has 0 aromatic carbocycles. The summed E-state index contributed by atoms with van der Waals surface area (Å²) in [4.78, 5) is 11.0. The number of hydrogen-bond acceptors (Lipinski definition) is 3. The summed E-state index contributed by atoms with van der Waals surface area (Å²) in [5, 5.41) is 5.91. The Balaban J connectivity index is 1.83. The summed E-state index contributed by atoms with van der Waals surface area (Å²) < 4.78 is 4.93. The molecule has 4 heteroatoms. The van der Waals surface area contributed by atoms with Gasteiger partial charge < -0.3 is 15.4 Å². The fourth-order valence-corrected chi connectivity index (χ4v) is 0.954. The van der Waals surface area contributed by atoms with E-state index >= 15 is 0 Å². The van der Waals surface area contributed by atoms with E-state index < -0.39 is 0 Å². The number of nitrogens with one attached hydrogen (secondary N) is 2. The average Bonchev–Trinajstić information content (AvgIpc) is 2.88. The summed E-state index contributed by atoms with van der Waals surface area (Å²) in [5.41, 5.74) is 0. The molecule has 1 fully saturated rings. The minimum Gasteiger partial charge on any atom is -0.448 e. The van der Waals surface area contributed by atoms with Crippen LogP contribution < -0.4 is 10.6 Å². The molecule has 0 aromatic rings. The van der Waals surface area contributed by atoms with E-state index in [-0.39, 0.29) is 6.09 Å². The lowest BCUT2D eigenvalue weighted by atomic mass is 10.5. The number of carbonyl (C=O) groups is 1. The number of carbonyl (C=O) groups excluding carboxylic acids is 1. The average molecular weight is 186 g/mol. The Morgan fingerprint density at radius 1 is 1.46 bits per heavy atom. The molecule has 1 saturated carbocycles. The standard InChI is InChI=1S/C9H18N2O2/c1-2-5-10-6-7-13-9(12)11-8-3-4-8/h8,10H,2-7H2,1H3,(H,11,12). The van der Waals surface area contributed by atoms with Crippen molar-refractivity contribution in [2.75, 3.05) is 19.7 Å². The lowest BCUT2D eigenvalue weighted by Crippen LogP contribution is -2.29. The summed E-state index contributed by atoms with van der Waals surface area (Å²) >= 11 is 0. The van der Waals surface area contributed by atoms with Gasteiger partial charge in [0.25, 0.3) is 0 Å². The van der Waals surface area contributed by atoms with Gasteiger partial charge in [0.05, 0.1) is 0 Å². The van der Waals surface area contributed by atoms with Crippen LogP contribution in [0.25, 0.3) is 0 Å². The maximum absolute atomic E-state index is 11.0. The summed E-state index contributed by atoms with van der Waals surface area (Å²) in [5.74, 6) is 0. The van der Waals surface area contributed by atoms with Crippen LogP contribution in [0.4, 0.5) is 4.79 Å². The first-order chi connectivity index (χ1) is 6.33. The van der Waals surface area contributed by atoms with Gasteiger partial charge in [-0.05, 0) is 25.8 Å². The Hall–Kier alpha value is -0.770. The van der Waals surface area contributed by atoms with Crippen LogP contribution >= 0.6 is 0 Å². The Labute approximate surface area is 79.0 Å². The highest BCUT2D eigenvalue weighted by Crippen LogP contribution is 2.18. The maximum Gasteiger partial charge on any atom is 0.407 e. The fraction of sp³-hybridized carbons (Fsp3) is 0.889. The van der Waals surface area contributed by atoms with Crippen molar-refractivity contribution >= 4 is 6.09 Å². The Bertz CT molecular complexity index is 158. The van der Waals surface area contributed by atoms with Crippen molar-refractivity contribution in [2.24, 2.45) is 0 Å². The molecule has 0 heterocycles. The zero-order valence-electron chi connectivity index (χ0n) is 8.14. The van der Waals surface area contributed by atoms with Crippen LogP contribution in [0.2, 0.25) is 0 Å². The van der Waals surface area contributed by atoms with E-state index in [4.69, 9.17) is 4.74 Å². The minimum absolute atomic E-state index is 0.277. The molecule has 1 aliphatic rings. The van der Waals surface area contributed by atoms with Crippen LogP contribution in [-0.4, -0.2) is 31.8 Å². The van der Waals surface area contributed by atoms with Gasteiger partial charge in [-0.25, -0.2) is 4.79 Å². The van der Waals surface area contributed by atoms with Crippen LogP contribution in [0, 0.1) is 0 Å². The molecule has 76 valence electrons. The summed E-state index contributed by atoms with van der Waals surface area (Å²) in [6.07, 6.45) is 3.03. The Kier molecular flexibility index (Phi) is 4.60. The molecule has 0 aliphatic heterocycles. The topological polar surface area (TPSA) is 50.4 Å². The monoisotopic (exact) mass is 186 g/mol. The van der Waals surface area contributed by atoms with Gasteiger partial charge in [0, 0.05) is 12.6 Å². The van der Waals surface area contributed by atoms with Crippen LogP contribution in [0.5, 0.6) is 0 Å². The second-order valence-electron chi connectivity index (χ2n) is 3.30. The summed E-state index contributed by atoms with van der Waals surface area (Å²) in [6.45, 7) is 4.28. The molecule has 0 saturated heterocycles. The van der Waals surface area contributed by atoms with Crippen molar-refractivity contribution in [2.45, 2.75) is 32.2 Å². The highest BCUT2D eigenvalue weighted by atomic mass is 16.5. The van der Waals surface area contributed by atoms with Crippen LogP contribution in [-0.2, 0) is 4.74 Å².